The molecule has 0 radical (unpaired) electrons. The van der Waals surface area contributed by atoms with Gasteiger partial charge < -0.3 is 4.43 Å². The van der Waals surface area contributed by atoms with Crippen LogP contribution >= 0.6 is 11.8 Å². The number of hydrogen-bond donors (Lipinski definition) is 0. The third kappa shape index (κ3) is 8.53. The van der Waals surface area contributed by atoms with Crippen LogP contribution in [0.4, 0.5) is 0 Å². The van der Waals surface area contributed by atoms with Gasteiger partial charge in [-0.05, 0) is 12.2 Å². The van der Waals surface area contributed by atoms with Crippen molar-refractivity contribution in [3.63, 3.8) is 0 Å². The van der Waals surface area contributed by atoms with E-state index in [1.807, 2.05) is 11.8 Å². The summed E-state index contributed by atoms with van der Waals surface area (Å²) in [6.45, 7) is 2.23. The molecule has 0 bridgehead atoms. The summed E-state index contributed by atoms with van der Waals surface area (Å²) in [7, 11) is 0.887. The van der Waals surface area contributed by atoms with E-state index in [0.29, 0.717) is 0 Å². The van der Waals surface area contributed by atoms with Crippen LogP contribution < -0.4 is 0 Å². The summed E-state index contributed by atoms with van der Waals surface area (Å²) in [5.74, 6) is 2.19. The first kappa shape index (κ1) is 9.53. The first-order chi connectivity index (χ1) is 4.41. The fraction of sp³-hybridized carbons (Fsp3) is 1.00. The summed E-state index contributed by atoms with van der Waals surface area (Å²) in [5, 5.41) is 0. The molecule has 0 atom stereocenters. The van der Waals surface area contributed by atoms with E-state index >= 15 is 0 Å². The van der Waals surface area contributed by atoms with Crippen LogP contribution in [-0.4, -0.2) is 22.2 Å². The van der Waals surface area contributed by atoms with E-state index in [1.165, 1.54) is 25.0 Å². The Kier molecular flexibility index (Phi) is 9.03. The molecule has 0 aliphatic heterocycles. The summed E-state index contributed by atoms with van der Waals surface area (Å²) in [6, 6.07) is 0. The van der Waals surface area contributed by atoms with E-state index in [2.05, 4.69) is 6.92 Å². The van der Waals surface area contributed by atoms with Crippen molar-refractivity contribution in [2.24, 2.45) is 0 Å². The molecule has 0 aromatic carbocycles. The van der Waals surface area contributed by atoms with Crippen LogP contribution in [0.25, 0.3) is 0 Å². The summed E-state index contributed by atoms with van der Waals surface area (Å²) in [5.41, 5.74) is 0. The second-order valence-corrected chi connectivity index (χ2v) is 3.65. The molecule has 0 fully saturated rings. The van der Waals surface area contributed by atoms with Crippen LogP contribution in [0.2, 0.25) is 0 Å². The van der Waals surface area contributed by atoms with E-state index in [1.54, 1.807) is 0 Å². The SMILES string of the molecule is CCCCCSCO[SiH3]. The minimum Gasteiger partial charge on any atom is -0.419 e. The Balaban J connectivity index is 2.60. The molecule has 0 aromatic heterocycles. The van der Waals surface area contributed by atoms with Crippen molar-refractivity contribution in [2.45, 2.75) is 26.2 Å². The summed E-state index contributed by atoms with van der Waals surface area (Å²) in [6.07, 6.45) is 4.04. The monoisotopic (exact) mass is 164 g/mol. The molecule has 0 heterocycles. The molecule has 0 saturated heterocycles. The van der Waals surface area contributed by atoms with Crippen LogP contribution in [0.5, 0.6) is 0 Å². The van der Waals surface area contributed by atoms with E-state index in [0.717, 1.165) is 16.4 Å². The minimum absolute atomic E-state index is 0.887. The molecular formula is C6H16OSSi. The zero-order valence-electron chi connectivity index (χ0n) is 6.35. The van der Waals surface area contributed by atoms with Gasteiger partial charge >= 0.3 is 0 Å². The Morgan fingerprint density at radius 1 is 1.44 bits per heavy atom. The molecule has 9 heavy (non-hydrogen) atoms. The molecule has 0 aliphatic carbocycles. The van der Waals surface area contributed by atoms with E-state index in [-0.39, 0.29) is 0 Å². The van der Waals surface area contributed by atoms with Crippen LogP contribution in [0.15, 0.2) is 0 Å². The van der Waals surface area contributed by atoms with Gasteiger partial charge in [-0.1, -0.05) is 19.8 Å². The summed E-state index contributed by atoms with van der Waals surface area (Å²) >= 11 is 1.91. The first-order valence-corrected chi connectivity index (χ1v) is 5.45. The topological polar surface area (TPSA) is 9.23 Å². The van der Waals surface area contributed by atoms with Crippen LogP contribution in [-0.2, 0) is 4.43 Å². The highest BCUT2D eigenvalue weighted by atomic mass is 32.2. The van der Waals surface area contributed by atoms with Gasteiger partial charge in [0, 0.05) is 0 Å². The lowest BCUT2D eigenvalue weighted by Gasteiger charge is -1.97. The van der Waals surface area contributed by atoms with Crippen molar-refractivity contribution in [3.8, 4) is 0 Å². The number of thioether (sulfide) groups is 1. The Morgan fingerprint density at radius 2 is 2.22 bits per heavy atom. The molecular weight excluding hydrogens is 148 g/mol. The maximum absolute atomic E-state index is 5.02. The molecule has 0 saturated carbocycles. The van der Waals surface area contributed by atoms with Gasteiger partial charge in [0.2, 0.25) is 0 Å². The number of unbranched alkanes of at least 4 members (excludes halogenated alkanes) is 2. The molecule has 0 spiro atoms. The third-order valence-electron chi connectivity index (χ3n) is 1.09. The average Bonchev–Trinajstić information content (AvgIpc) is 1.89. The molecule has 0 amide bonds. The Bertz CT molecular complexity index is 46.3. The predicted molar refractivity (Wildman–Crippen MR) is 47.9 cm³/mol. The smallest absolute Gasteiger partial charge is 0.147 e. The maximum atomic E-state index is 5.02. The second kappa shape index (κ2) is 8.53. The van der Waals surface area contributed by atoms with E-state index in [9.17, 15) is 0 Å². The standard InChI is InChI=1S/C6H16OSSi/c1-2-3-4-5-8-6-7-9/h2-6H2,1,9H3. The highest BCUT2D eigenvalue weighted by Gasteiger charge is 1.85. The quantitative estimate of drug-likeness (QED) is 0.331. The van der Waals surface area contributed by atoms with Gasteiger partial charge in [0.05, 0.1) is 5.94 Å². The molecule has 0 rings (SSSR count). The van der Waals surface area contributed by atoms with Crippen molar-refractivity contribution in [3.05, 3.63) is 0 Å². The van der Waals surface area contributed by atoms with E-state index in [4.69, 9.17) is 4.43 Å². The Morgan fingerprint density at radius 3 is 2.78 bits per heavy atom. The van der Waals surface area contributed by atoms with Gasteiger partial charge in [-0.25, -0.2) is 0 Å². The first-order valence-electron chi connectivity index (χ1n) is 3.48. The number of hydrogen-bond acceptors (Lipinski definition) is 2. The summed E-state index contributed by atoms with van der Waals surface area (Å²) < 4.78 is 5.02. The fourth-order valence-corrected chi connectivity index (χ4v) is 1.79. The lowest BCUT2D eigenvalue weighted by Crippen LogP contribution is -1.86. The Labute approximate surface area is 65.1 Å². The van der Waals surface area contributed by atoms with Crippen LogP contribution in [0.3, 0.4) is 0 Å². The second-order valence-electron chi connectivity index (χ2n) is 2.02. The van der Waals surface area contributed by atoms with Crippen molar-refractivity contribution in [1.29, 1.82) is 0 Å². The molecule has 0 unspecified atom stereocenters. The van der Waals surface area contributed by atoms with Gasteiger partial charge in [0.15, 0.2) is 0 Å². The molecule has 0 aromatic rings. The van der Waals surface area contributed by atoms with Crippen LogP contribution in [0.1, 0.15) is 26.2 Å². The van der Waals surface area contributed by atoms with E-state index < -0.39 is 0 Å². The van der Waals surface area contributed by atoms with Gasteiger partial charge in [-0.2, -0.15) is 0 Å². The zero-order valence-corrected chi connectivity index (χ0v) is 9.17. The zero-order chi connectivity index (χ0) is 6.95. The van der Waals surface area contributed by atoms with Crippen molar-refractivity contribution >= 4 is 22.2 Å². The Hall–Kier alpha value is 0.527. The molecule has 0 aliphatic rings. The third-order valence-corrected chi connectivity index (χ3v) is 2.78. The van der Waals surface area contributed by atoms with Gasteiger partial charge in [-0.15, -0.1) is 11.8 Å². The largest absolute Gasteiger partial charge is 0.419 e. The van der Waals surface area contributed by atoms with Gasteiger partial charge in [0.1, 0.15) is 10.5 Å². The molecule has 3 heteroatoms. The van der Waals surface area contributed by atoms with Gasteiger partial charge in [0.25, 0.3) is 0 Å². The highest BCUT2D eigenvalue weighted by Crippen LogP contribution is 2.04. The summed E-state index contributed by atoms with van der Waals surface area (Å²) in [4.78, 5) is 0. The molecule has 0 N–H and O–H groups in total. The molecule has 1 nitrogen and oxygen atoms in total. The number of rotatable bonds is 6. The molecule has 56 valence electrons. The van der Waals surface area contributed by atoms with Crippen molar-refractivity contribution in [2.75, 3.05) is 11.7 Å². The normalized spacial score (nSPS) is 10.3. The van der Waals surface area contributed by atoms with Gasteiger partial charge in [-0.3, -0.25) is 0 Å². The average molecular weight is 164 g/mol. The predicted octanol–water partition coefficient (Wildman–Crippen LogP) is 1.16. The lowest BCUT2D eigenvalue weighted by atomic mass is 10.3. The maximum Gasteiger partial charge on any atom is 0.147 e. The highest BCUT2D eigenvalue weighted by molar-refractivity contribution is 7.99. The fourth-order valence-electron chi connectivity index (χ4n) is 0.596. The van der Waals surface area contributed by atoms with Crippen LogP contribution in [0, 0.1) is 0 Å². The lowest BCUT2D eigenvalue weighted by molar-refractivity contribution is 0.435. The van der Waals surface area contributed by atoms with Crippen molar-refractivity contribution in [1.82, 2.24) is 0 Å². The van der Waals surface area contributed by atoms with Crippen molar-refractivity contribution < 1.29 is 4.43 Å². The minimum atomic E-state index is 0.887.